The maximum absolute atomic E-state index is 12.6. The Balaban J connectivity index is 1.90. The van der Waals surface area contributed by atoms with Crippen molar-refractivity contribution in [3.8, 4) is 0 Å². The highest BCUT2D eigenvalue weighted by Crippen LogP contribution is 2.38. The van der Waals surface area contributed by atoms with E-state index < -0.39 is 11.9 Å². The van der Waals surface area contributed by atoms with Crippen molar-refractivity contribution in [3.05, 3.63) is 42.0 Å². The molecule has 104 valence electrons. The van der Waals surface area contributed by atoms with Crippen molar-refractivity contribution in [1.82, 2.24) is 0 Å². The van der Waals surface area contributed by atoms with Crippen molar-refractivity contribution in [1.29, 1.82) is 0 Å². The minimum Gasteiger partial charge on any atom is -0.481 e. The number of para-hydroxylation sites is 1. The summed E-state index contributed by atoms with van der Waals surface area (Å²) >= 11 is 0. The molecule has 1 aromatic carbocycles. The lowest BCUT2D eigenvalue weighted by Crippen LogP contribution is -2.36. The fraction of sp³-hybridized carbons (Fsp3) is 0.375. The Morgan fingerprint density at radius 2 is 2.00 bits per heavy atom. The lowest BCUT2D eigenvalue weighted by molar-refractivity contribution is -0.138. The van der Waals surface area contributed by atoms with E-state index in [9.17, 15) is 14.7 Å². The topological polar surface area (TPSA) is 57.6 Å². The molecule has 20 heavy (non-hydrogen) atoms. The van der Waals surface area contributed by atoms with E-state index in [4.69, 9.17) is 0 Å². The molecule has 1 aliphatic heterocycles. The van der Waals surface area contributed by atoms with E-state index in [1.54, 1.807) is 4.90 Å². The summed E-state index contributed by atoms with van der Waals surface area (Å²) in [5, 5.41) is 9.32. The van der Waals surface area contributed by atoms with Gasteiger partial charge in [-0.15, -0.1) is 0 Å². The number of carbonyl (C=O) groups excluding carboxylic acids is 1. The van der Waals surface area contributed by atoms with Crippen LogP contribution in [-0.2, 0) is 9.59 Å². The third kappa shape index (κ3) is 2.11. The fourth-order valence-electron chi connectivity index (χ4n) is 3.07. The van der Waals surface area contributed by atoms with Gasteiger partial charge in [0.15, 0.2) is 0 Å². The third-order valence-electron chi connectivity index (χ3n) is 4.15. The Morgan fingerprint density at radius 3 is 2.70 bits per heavy atom. The van der Waals surface area contributed by atoms with Crippen LogP contribution in [0.2, 0.25) is 0 Å². The van der Waals surface area contributed by atoms with Crippen LogP contribution in [0, 0.1) is 5.92 Å². The molecular weight excluding hydrogens is 254 g/mol. The monoisotopic (exact) mass is 271 g/mol. The molecule has 0 bridgehead atoms. The van der Waals surface area contributed by atoms with E-state index in [1.165, 1.54) is 0 Å². The van der Waals surface area contributed by atoms with Gasteiger partial charge in [-0.25, -0.2) is 0 Å². The van der Waals surface area contributed by atoms with Gasteiger partial charge in [0.05, 0.1) is 0 Å². The molecule has 1 aromatic rings. The van der Waals surface area contributed by atoms with Crippen LogP contribution in [0.5, 0.6) is 0 Å². The number of benzene rings is 1. The molecule has 0 saturated carbocycles. The van der Waals surface area contributed by atoms with Crippen LogP contribution in [0.3, 0.4) is 0 Å². The highest BCUT2D eigenvalue weighted by molar-refractivity contribution is 6.00. The second-order valence-electron chi connectivity index (χ2n) is 5.38. The first-order valence-corrected chi connectivity index (χ1v) is 6.96. The highest BCUT2D eigenvalue weighted by atomic mass is 16.4. The van der Waals surface area contributed by atoms with Crippen molar-refractivity contribution in [2.75, 3.05) is 11.4 Å². The summed E-state index contributed by atoms with van der Waals surface area (Å²) in [5.41, 5.74) is 1.51. The quantitative estimate of drug-likeness (QED) is 0.841. The van der Waals surface area contributed by atoms with E-state index in [0.717, 1.165) is 30.5 Å². The Bertz CT molecular complexity index is 579. The van der Waals surface area contributed by atoms with Crippen molar-refractivity contribution >= 4 is 17.6 Å². The summed E-state index contributed by atoms with van der Waals surface area (Å²) < 4.78 is 0. The van der Waals surface area contributed by atoms with Crippen molar-refractivity contribution in [2.24, 2.45) is 5.92 Å². The summed E-state index contributed by atoms with van der Waals surface area (Å²) in [4.78, 5) is 25.7. The molecule has 1 heterocycles. The number of nitrogens with zero attached hydrogens (tertiary/aromatic N) is 1. The van der Waals surface area contributed by atoms with Gasteiger partial charge in [0.2, 0.25) is 5.91 Å². The van der Waals surface area contributed by atoms with Gasteiger partial charge in [0, 0.05) is 18.2 Å². The van der Waals surface area contributed by atoms with Crippen LogP contribution >= 0.6 is 0 Å². The van der Waals surface area contributed by atoms with Gasteiger partial charge >= 0.3 is 5.97 Å². The Hall–Kier alpha value is -2.10. The Labute approximate surface area is 117 Å². The molecule has 2 aliphatic rings. The number of amides is 1. The smallest absolute Gasteiger partial charge is 0.312 e. The fourth-order valence-corrected chi connectivity index (χ4v) is 3.07. The molecule has 0 fully saturated rings. The molecule has 0 radical (unpaired) electrons. The molecular formula is C16H17NO3. The van der Waals surface area contributed by atoms with E-state index in [2.05, 4.69) is 6.08 Å². The standard InChI is InChI=1S/C16H17NO3/c18-15(11-6-2-1-3-7-11)17-10-13(16(19)20)12-8-4-5-9-14(12)17/h1-2,4-5,8-9,11,13H,3,6-7,10H2,(H,19,20)/t11-,13+/m1/s1. The second-order valence-corrected chi connectivity index (χ2v) is 5.38. The van der Waals surface area contributed by atoms with E-state index in [-0.39, 0.29) is 18.4 Å². The molecule has 1 amide bonds. The summed E-state index contributed by atoms with van der Waals surface area (Å²) in [6, 6.07) is 7.33. The van der Waals surface area contributed by atoms with Crippen LogP contribution in [0.15, 0.2) is 36.4 Å². The maximum Gasteiger partial charge on any atom is 0.312 e. The van der Waals surface area contributed by atoms with Crippen LogP contribution in [0.25, 0.3) is 0 Å². The van der Waals surface area contributed by atoms with Gasteiger partial charge in [0.25, 0.3) is 0 Å². The number of aliphatic carboxylic acids is 1. The largest absolute Gasteiger partial charge is 0.481 e. The van der Waals surface area contributed by atoms with Crippen LogP contribution in [0.1, 0.15) is 30.7 Å². The van der Waals surface area contributed by atoms with E-state index in [0.29, 0.717) is 0 Å². The maximum atomic E-state index is 12.6. The number of rotatable bonds is 2. The summed E-state index contributed by atoms with van der Waals surface area (Å²) in [5.74, 6) is -1.42. The minimum absolute atomic E-state index is 0.0133. The summed E-state index contributed by atoms with van der Waals surface area (Å²) in [6.45, 7) is 0.258. The number of carbonyl (C=O) groups is 2. The average Bonchev–Trinajstić information content (AvgIpc) is 2.87. The highest BCUT2D eigenvalue weighted by Gasteiger charge is 2.38. The number of carboxylic acids is 1. The van der Waals surface area contributed by atoms with Crippen LogP contribution in [-0.4, -0.2) is 23.5 Å². The Morgan fingerprint density at radius 1 is 1.20 bits per heavy atom. The number of allylic oxidation sites excluding steroid dienone is 2. The van der Waals surface area contributed by atoms with Gasteiger partial charge in [-0.1, -0.05) is 30.4 Å². The number of anilines is 1. The van der Waals surface area contributed by atoms with Crippen LogP contribution in [0.4, 0.5) is 5.69 Å². The number of hydrogen-bond donors (Lipinski definition) is 1. The first-order valence-electron chi connectivity index (χ1n) is 6.96. The van der Waals surface area contributed by atoms with Crippen molar-refractivity contribution in [2.45, 2.75) is 25.2 Å². The van der Waals surface area contributed by atoms with Gasteiger partial charge in [-0.2, -0.15) is 0 Å². The first kappa shape index (κ1) is 12.9. The molecule has 3 rings (SSSR count). The van der Waals surface area contributed by atoms with Gasteiger partial charge in [-0.05, 0) is 30.9 Å². The number of carboxylic acid groups (broad SMARTS) is 1. The van der Waals surface area contributed by atoms with Gasteiger partial charge < -0.3 is 10.0 Å². The molecule has 4 nitrogen and oxygen atoms in total. The van der Waals surface area contributed by atoms with Gasteiger partial charge in [0.1, 0.15) is 5.92 Å². The van der Waals surface area contributed by atoms with E-state index >= 15 is 0 Å². The molecule has 1 aliphatic carbocycles. The molecule has 0 saturated heterocycles. The zero-order valence-corrected chi connectivity index (χ0v) is 11.2. The second kappa shape index (κ2) is 5.12. The average molecular weight is 271 g/mol. The first-order chi connectivity index (χ1) is 9.68. The molecule has 2 atom stereocenters. The summed E-state index contributed by atoms with van der Waals surface area (Å²) in [7, 11) is 0. The predicted molar refractivity (Wildman–Crippen MR) is 75.7 cm³/mol. The lowest BCUT2D eigenvalue weighted by atomic mass is 9.93. The minimum atomic E-state index is -0.865. The zero-order valence-electron chi connectivity index (χ0n) is 11.2. The third-order valence-corrected chi connectivity index (χ3v) is 4.15. The molecule has 0 spiro atoms. The van der Waals surface area contributed by atoms with Crippen molar-refractivity contribution in [3.63, 3.8) is 0 Å². The predicted octanol–water partition coefficient (Wildman–Crippen LogP) is 2.56. The molecule has 0 unspecified atom stereocenters. The SMILES string of the molecule is O=C(O)[C@H]1CN(C(=O)[C@@H]2CC=CCC2)c2ccccc21. The van der Waals surface area contributed by atoms with Crippen LogP contribution < -0.4 is 4.90 Å². The molecule has 4 heteroatoms. The number of hydrogen-bond acceptors (Lipinski definition) is 2. The number of fused-ring (bicyclic) bond motifs is 1. The van der Waals surface area contributed by atoms with Gasteiger partial charge in [-0.3, -0.25) is 9.59 Å². The normalized spacial score (nSPS) is 24.5. The zero-order chi connectivity index (χ0) is 14.1. The van der Waals surface area contributed by atoms with Crippen molar-refractivity contribution < 1.29 is 14.7 Å². The van der Waals surface area contributed by atoms with E-state index in [1.807, 2.05) is 30.3 Å². The molecule has 0 aromatic heterocycles. The lowest BCUT2D eigenvalue weighted by Gasteiger charge is -2.24. The molecule has 1 N–H and O–H groups in total. The summed E-state index contributed by atoms with van der Waals surface area (Å²) in [6.07, 6.45) is 6.68. The Kier molecular flexibility index (Phi) is 3.30.